The lowest BCUT2D eigenvalue weighted by Crippen LogP contribution is -2.09. The molecule has 0 radical (unpaired) electrons. The maximum atomic E-state index is 5.75. The fourth-order valence-electron chi connectivity index (χ4n) is 1.97. The molecule has 3 rings (SSSR count). The Morgan fingerprint density at radius 2 is 1.80 bits per heavy atom. The first-order valence-electron chi connectivity index (χ1n) is 6.15. The van der Waals surface area contributed by atoms with Gasteiger partial charge in [0.1, 0.15) is 10.7 Å². The molecule has 4 heteroatoms. The molecule has 1 aromatic heterocycles. The molecule has 0 spiro atoms. The third kappa shape index (κ3) is 2.60. The zero-order valence-corrected chi connectivity index (χ0v) is 11.4. The summed E-state index contributed by atoms with van der Waals surface area (Å²) in [7, 11) is 0. The van der Waals surface area contributed by atoms with Crippen LogP contribution in [0, 0.1) is 0 Å². The van der Waals surface area contributed by atoms with Crippen molar-refractivity contribution >= 4 is 28.0 Å². The SMILES string of the molecule is NC(=S)c1ccnc(Oc2ccc3ccccc3c2)c1. The molecule has 0 fully saturated rings. The molecule has 1 heterocycles. The van der Waals surface area contributed by atoms with Gasteiger partial charge in [0.15, 0.2) is 0 Å². The Morgan fingerprint density at radius 1 is 1.00 bits per heavy atom. The van der Waals surface area contributed by atoms with E-state index >= 15 is 0 Å². The Balaban J connectivity index is 1.92. The van der Waals surface area contributed by atoms with E-state index in [1.165, 1.54) is 5.39 Å². The number of thiocarbonyl (C=S) groups is 1. The van der Waals surface area contributed by atoms with Crippen molar-refractivity contribution < 1.29 is 4.74 Å². The molecule has 2 N–H and O–H groups in total. The van der Waals surface area contributed by atoms with Crippen molar-refractivity contribution in [3.8, 4) is 11.6 Å². The number of nitrogens with zero attached hydrogens (tertiary/aromatic N) is 1. The van der Waals surface area contributed by atoms with Gasteiger partial charge in [0.05, 0.1) is 0 Å². The zero-order valence-electron chi connectivity index (χ0n) is 10.6. The number of fused-ring (bicyclic) bond motifs is 1. The second-order valence-corrected chi connectivity index (χ2v) is 4.80. The Kier molecular flexibility index (Phi) is 3.31. The molecule has 0 saturated heterocycles. The van der Waals surface area contributed by atoms with E-state index in [1.807, 2.05) is 36.4 Å². The van der Waals surface area contributed by atoms with Gasteiger partial charge in [-0.2, -0.15) is 0 Å². The smallest absolute Gasteiger partial charge is 0.219 e. The molecule has 0 atom stereocenters. The van der Waals surface area contributed by atoms with Crippen molar-refractivity contribution in [2.24, 2.45) is 5.73 Å². The quantitative estimate of drug-likeness (QED) is 0.744. The van der Waals surface area contributed by atoms with Gasteiger partial charge < -0.3 is 10.5 Å². The molecular weight excluding hydrogens is 268 g/mol. The molecule has 3 nitrogen and oxygen atoms in total. The molecule has 0 amide bonds. The summed E-state index contributed by atoms with van der Waals surface area (Å²) < 4.78 is 5.75. The lowest BCUT2D eigenvalue weighted by Gasteiger charge is -2.07. The van der Waals surface area contributed by atoms with Crippen LogP contribution < -0.4 is 10.5 Å². The summed E-state index contributed by atoms with van der Waals surface area (Å²) in [6.07, 6.45) is 1.63. The van der Waals surface area contributed by atoms with Crippen molar-refractivity contribution in [3.05, 3.63) is 66.4 Å². The first-order valence-corrected chi connectivity index (χ1v) is 6.56. The van der Waals surface area contributed by atoms with Crippen LogP contribution in [0.4, 0.5) is 0 Å². The highest BCUT2D eigenvalue weighted by molar-refractivity contribution is 7.80. The number of benzene rings is 2. The van der Waals surface area contributed by atoms with Crippen LogP contribution in [-0.4, -0.2) is 9.97 Å². The van der Waals surface area contributed by atoms with Gasteiger partial charge in [-0.1, -0.05) is 42.5 Å². The first kappa shape index (κ1) is 12.6. The lowest BCUT2D eigenvalue weighted by atomic mass is 10.1. The van der Waals surface area contributed by atoms with E-state index in [4.69, 9.17) is 22.7 Å². The average Bonchev–Trinajstić information content (AvgIpc) is 2.47. The van der Waals surface area contributed by atoms with Crippen LogP contribution in [0.15, 0.2) is 60.8 Å². The van der Waals surface area contributed by atoms with Crippen LogP contribution in [0.25, 0.3) is 10.8 Å². The summed E-state index contributed by atoms with van der Waals surface area (Å²) in [5.41, 5.74) is 6.34. The third-order valence-electron chi connectivity index (χ3n) is 2.96. The highest BCUT2D eigenvalue weighted by atomic mass is 32.1. The van der Waals surface area contributed by atoms with Gasteiger partial charge >= 0.3 is 0 Å². The fourth-order valence-corrected chi connectivity index (χ4v) is 2.10. The van der Waals surface area contributed by atoms with Crippen molar-refractivity contribution in [2.75, 3.05) is 0 Å². The summed E-state index contributed by atoms with van der Waals surface area (Å²) in [4.78, 5) is 4.49. The normalized spacial score (nSPS) is 10.4. The molecule has 0 bridgehead atoms. The largest absolute Gasteiger partial charge is 0.439 e. The second-order valence-electron chi connectivity index (χ2n) is 4.36. The average molecular weight is 280 g/mol. The number of rotatable bonds is 3. The van der Waals surface area contributed by atoms with Crippen molar-refractivity contribution in [3.63, 3.8) is 0 Å². The topological polar surface area (TPSA) is 48.1 Å². The van der Waals surface area contributed by atoms with Gasteiger partial charge in [0.25, 0.3) is 0 Å². The molecule has 0 aliphatic rings. The summed E-state index contributed by atoms with van der Waals surface area (Å²) in [5, 5.41) is 2.29. The maximum absolute atomic E-state index is 5.75. The van der Waals surface area contributed by atoms with Crippen LogP contribution in [0.5, 0.6) is 11.6 Å². The summed E-state index contributed by atoms with van der Waals surface area (Å²) >= 11 is 4.94. The minimum absolute atomic E-state index is 0.329. The van der Waals surface area contributed by atoms with Gasteiger partial charge in [-0.15, -0.1) is 0 Å². The van der Waals surface area contributed by atoms with Gasteiger partial charge in [0.2, 0.25) is 5.88 Å². The summed E-state index contributed by atoms with van der Waals surface area (Å²) in [6.45, 7) is 0. The molecule has 2 aromatic carbocycles. The predicted octanol–water partition coefficient (Wildman–Crippen LogP) is 3.66. The Labute approximate surface area is 122 Å². The molecule has 0 saturated carbocycles. The van der Waals surface area contributed by atoms with E-state index in [-0.39, 0.29) is 0 Å². The number of hydrogen-bond donors (Lipinski definition) is 1. The van der Waals surface area contributed by atoms with Crippen LogP contribution >= 0.6 is 12.2 Å². The Hall–Kier alpha value is -2.46. The van der Waals surface area contributed by atoms with Crippen molar-refractivity contribution in [2.45, 2.75) is 0 Å². The number of pyridine rings is 1. The van der Waals surface area contributed by atoms with E-state index < -0.39 is 0 Å². The number of aromatic nitrogens is 1. The summed E-state index contributed by atoms with van der Waals surface area (Å²) in [6, 6.07) is 17.5. The van der Waals surface area contributed by atoms with Crippen LogP contribution in [0.1, 0.15) is 5.56 Å². The zero-order chi connectivity index (χ0) is 13.9. The van der Waals surface area contributed by atoms with Crippen LogP contribution in [0.3, 0.4) is 0 Å². The summed E-state index contributed by atoms with van der Waals surface area (Å²) in [5.74, 6) is 1.21. The molecule has 20 heavy (non-hydrogen) atoms. The van der Waals surface area contributed by atoms with Gasteiger partial charge in [-0.3, -0.25) is 0 Å². The van der Waals surface area contributed by atoms with Crippen molar-refractivity contribution in [1.82, 2.24) is 4.98 Å². The maximum Gasteiger partial charge on any atom is 0.219 e. The third-order valence-corrected chi connectivity index (χ3v) is 3.20. The lowest BCUT2D eigenvalue weighted by molar-refractivity contribution is 0.463. The fraction of sp³-hybridized carbons (Fsp3) is 0. The molecule has 0 unspecified atom stereocenters. The van der Waals surface area contributed by atoms with E-state index in [9.17, 15) is 0 Å². The molecule has 0 aliphatic carbocycles. The van der Waals surface area contributed by atoms with Gasteiger partial charge in [0, 0.05) is 17.8 Å². The molecule has 0 aliphatic heterocycles. The Morgan fingerprint density at radius 3 is 2.60 bits per heavy atom. The predicted molar refractivity (Wildman–Crippen MR) is 84.1 cm³/mol. The minimum Gasteiger partial charge on any atom is -0.439 e. The molecule has 3 aromatic rings. The van der Waals surface area contributed by atoms with Gasteiger partial charge in [-0.25, -0.2) is 4.98 Å². The van der Waals surface area contributed by atoms with E-state index in [0.717, 1.165) is 16.7 Å². The van der Waals surface area contributed by atoms with E-state index in [1.54, 1.807) is 18.3 Å². The number of ether oxygens (including phenoxy) is 1. The standard InChI is InChI=1S/C16H12N2OS/c17-16(20)13-7-8-18-15(10-13)19-14-6-5-11-3-1-2-4-12(11)9-14/h1-10H,(H2,17,20). The van der Waals surface area contributed by atoms with Crippen LogP contribution in [-0.2, 0) is 0 Å². The number of hydrogen-bond acceptors (Lipinski definition) is 3. The van der Waals surface area contributed by atoms with Crippen molar-refractivity contribution in [1.29, 1.82) is 0 Å². The second kappa shape index (κ2) is 5.27. The number of nitrogens with two attached hydrogens (primary N) is 1. The van der Waals surface area contributed by atoms with Gasteiger partial charge in [-0.05, 0) is 29.0 Å². The van der Waals surface area contributed by atoms with Crippen LogP contribution in [0.2, 0.25) is 0 Å². The van der Waals surface area contributed by atoms with E-state index in [2.05, 4.69) is 11.1 Å². The monoisotopic (exact) mass is 280 g/mol. The molecule has 98 valence electrons. The highest BCUT2D eigenvalue weighted by Gasteiger charge is 2.03. The highest BCUT2D eigenvalue weighted by Crippen LogP contribution is 2.24. The first-order chi connectivity index (χ1) is 9.72. The van der Waals surface area contributed by atoms with E-state index in [0.29, 0.717) is 10.9 Å². The Bertz CT molecular complexity index is 786. The molecular formula is C16H12N2OS. The minimum atomic E-state index is 0.329.